The lowest BCUT2D eigenvalue weighted by Crippen LogP contribution is -2.33. The summed E-state index contributed by atoms with van der Waals surface area (Å²) in [7, 11) is 0. The van der Waals surface area contributed by atoms with Crippen molar-refractivity contribution in [3.05, 3.63) is 65.0 Å². The highest BCUT2D eigenvalue weighted by Crippen LogP contribution is 2.35. The minimum Gasteiger partial charge on any atom is -0.361 e. The second-order valence-electron chi connectivity index (χ2n) is 6.35. The van der Waals surface area contributed by atoms with Gasteiger partial charge in [-0.3, -0.25) is 14.3 Å². The number of rotatable bonds is 4. The highest BCUT2D eigenvalue weighted by atomic mass is 19.3. The molecule has 1 atom stereocenters. The average Bonchev–Trinajstić information content (AvgIpc) is 3.14. The number of fused-ring (bicyclic) bond motifs is 1. The number of alkyl halides is 2. The lowest BCUT2D eigenvalue weighted by Gasteiger charge is -2.28. The Morgan fingerprint density at radius 3 is 2.69 bits per heavy atom. The molecule has 0 amide bonds. The Kier molecular flexibility index (Phi) is 4.36. The summed E-state index contributed by atoms with van der Waals surface area (Å²) >= 11 is 0. The summed E-state index contributed by atoms with van der Waals surface area (Å²) in [6.45, 7) is 0.138. The maximum absolute atomic E-state index is 13.2. The van der Waals surface area contributed by atoms with Crippen molar-refractivity contribution in [1.82, 2.24) is 14.5 Å². The number of anilines is 1. The number of para-hydroxylation sites is 1. The molecule has 3 heterocycles. The fraction of sp³-hybridized carbons (Fsp3) is 0.316. The number of pyridine rings is 1. The molecule has 1 aromatic carbocycles. The molecular weight excluding hydrogens is 338 g/mol. The number of halogens is 2. The van der Waals surface area contributed by atoms with Crippen LogP contribution in [0.25, 0.3) is 10.9 Å². The number of hydrogen-bond donors (Lipinski definition) is 0. The first-order valence-electron chi connectivity index (χ1n) is 8.59. The molecule has 1 saturated heterocycles. The molecule has 134 valence electrons. The second-order valence-corrected chi connectivity index (χ2v) is 6.35. The van der Waals surface area contributed by atoms with Crippen LogP contribution in [0.3, 0.4) is 0 Å². The molecule has 0 N–H and O–H groups in total. The smallest absolute Gasteiger partial charge is 0.261 e. The molecule has 1 aliphatic rings. The van der Waals surface area contributed by atoms with Crippen LogP contribution in [0, 0.1) is 0 Å². The van der Waals surface area contributed by atoms with E-state index >= 15 is 0 Å². The SMILES string of the molecule is O=c1c2ccccc2nc(C2CCCN2c2ccncc2)n1CC(F)F. The van der Waals surface area contributed by atoms with Gasteiger partial charge in [-0.2, -0.15) is 0 Å². The third kappa shape index (κ3) is 2.94. The zero-order valence-corrected chi connectivity index (χ0v) is 14.1. The Balaban J connectivity index is 1.88. The molecule has 4 rings (SSSR count). The van der Waals surface area contributed by atoms with Crippen LogP contribution in [0.4, 0.5) is 14.5 Å². The maximum atomic E-state index is 13.2. The summed E-state index contributed by atoms with van der Waals surface area (Å²) in [5, 5.41) is 0.366. The summed E-state index contributed by atoms with van der Waals surface area (Å²) in [4.78, 5) is 23.6. The Bertz CT molecular complexity index is 974. The van der Waals surface area contributed by atoms with Crippen LogP contribution in [0.5, 0.6) is 0 Å². The minimum absolute atomic E-state index is 0.214. The van der Waals surface area contributed by atoms with E-state index in [0.717, 1.165) is 29.6 Å². The first-order valence-corrected chi connectivity index (χ1v) is 8.59. The fourth-order valence-corrected chi connectivity index (χ4v) is 3.63. The van der Waals surface area contributed by atoms with Crippen LogP contribution in [0.1, 0.15) is 24.7 Å². The van der Waals surface area contributed by atoms with Crippen LogP contribution >= 0.6 is 0 Å². The van der Waals surface area contributed by atoms with Gasteiger partial charge in [0.2, 0.25) is 0 Å². The fourth-order valence-electron chi connectivity index (χ4n) is 3.63. The third-order valence-electron chi connectivity index (χ3n) is 4.76. The largest absolute Gasteiger partial charge is 0.361 e. The molecule has 0 aliphatic carbocycles. The molecule has 5 nitrogen and oxygen atoms in total. The lowest BCUT2D eigenvalue weighted by molar-refractivity contribution is 0.123. The van der Waals surface area contributed by atoms with Crippen molar-refractivity contribution < 1.29 is 8.78 Å². The molecule has 1 fully saturated rings. The van der Waals surface area contributed by atoms with E-state index in [4.69, 9.17) is 0 Å². The molecular formula is C19H18F2N4O. The van der Waals surface area contributed by atoms with Gasteiger partial charge in [0.25, 0.3) is 12.0 Å². The highest BCUT2D eigenvalue weighted by molar-refractivity contribution is 5.77. The van der Waals surface area contributed by atoms with E-state index in [0.29, 0.717) is 16.7 Å². The van der Waals surface area contributed by atoms with Gasteiger partial charge in [-0.1, -0.05) is 12.1 Å². The van der Waals surface area contributed by atoms with E-state index < -0.39 is 18.5 Å². The molecule has 0 radical (unpaired) electrons. The van der Waals surface area contributed by atoms with Gasteiger partial charge in [-0.25, -0.2) is 13.8 Å². The molecule has 26 heavy (non-hydrogen) atoms. The van der Waals surface area contributed by atoms with Crippen LogP contribution in [-0.2, 0) is 6.54 Å². The molecule has 3 aromatic rings. The average molecular weight is 356 g/mol. The van der Waals surface area contributed by atoms with Gasteiger partial charge in [0, 0.05) is 24.6 Å². The zero-order valence-electron chi connectivity index (χ0n) is 14.1. The third-order valence-corrected chi connectivity index (χ3v) is 4.76. The summed E-state index contributed by atoms with van der Waals surface area (Å²) in [6.07, 6.45) is 2.45. The molecule has 1 aliphatic heterocycles. The Labute approximate surface area is 148 Å². The Hall–Kier alpha value is -2.83. The molecule has 0 bridgehead atoms. The zero-order chi connectivity index (χ0) is 18.1. The summed E-state index contributed by atoms with van der Waals surface area (Å²) in [5.74, 6) is 0.406. The van der Waals surface area contributed by atoms with Gasteiger partial charge in [0.05, 0.1) is 23.5 Å². The minimum atomic E-state index is -2.62. The summed E-state index contributed by atoms with van der Waals surface area (Å²) < 4.78 is 27.5. The van der Waals surface area contributed by atoms with Gasteiger partial charge in [0.15, 0.2) is 0 Å². The molecule has 2 aromatic heterocycles. The number of hydrogen-bond acceptors (Lipinski definition) is 4. The quantitative estimate of drug-likeness (QED) is 0.719. The first-order chi connectivity index (χ1) is 12.6. The van der Waals surface area contributed by atoms with E-state index in [1.54, 1.807) is 36.7 Å². The van der Waals surface area contributed by atoms with Crippen molar-refractivity contribution in [2.75, 3.05) is 11.4 Å². The predicted molar refractivity (Wildman–Crippen MR) is 95.6 cm³/mol. The molecule has 1 unspecified atom stereocenters. The van der Waals surface area contributed by atoms with Crippen molar-refractivity contribution in [3.63, 3.8) is 0 Å². The van der Waals surface area contributed by atoms with E-state index in [1.807, 2.05) is 12.1 Å². The van der Waals surface area contributed by atoms with Gasteiger partial charge in [0.1, 0.15) is 5.82 Å². The van der Waals surface area contributed by atoms with E-state index in [-0.39, 0.29) is 6.04 Å². The van der Waals surface area contributed by atoms with Crippen molar-refractivity contribution >= 4 is 16.6 Å². The Morgan fingerprint density at radius 2 is 1.92 bits per heavy atom. The van der Waals surface area contributed by atoms with E-state index in [9.17, 15) is 13.6 Å². The number of benzene rings is 1. The topological polar surface area (TPSA) is 51.0 Å². The summed E-state index contributed by atoms with van der Waals surface area (Å²) in [5.41, 5.74) is 1.08. The second kappa shape index (κ2) is 6.82. The molecule has 7 heteroatoms. The van der Waals surface area contributed by atoms with Crippen LogP contribution in [0.2, 0.25) is 0 Å². The monoisotopic (exact) mass is 356 g/mol. The normalized spacial score (nSPS) is 17.3. The standard InChI is InChI=1S/C19H18F2N4O/c20-17(21)12-25-18(23-15-5-2-1-4-14(15)19(25)26)16-6-3-11-24(16)13-7-9-22-10-8-13/h1-2,4-5,7-10,16-17H,3,6,11-12H2. The van der Waals surface area contributed by atoms with Gasteiger partial charge in [-0.15, -0.1) is 0 Å². The van der Waals surface area contributed by atoms with Crippen molar-refractivity contribution in [1.29, 1.82) is 0 Å². The van der Waals surface area contributed by atoms with E-state index in [1.165, 1.54) is 0 Å². The first kappa shape index (κ1) is 16.6. The van der Waals surface area contributed by atoms with Crippen molar-refractivity contribution in [3.8, 4) is 0 Å². The molecule has 0 spiro atoms. The van der Waals surface area contributed by atoms with Crippen molar-refractivity contribution in [2.24, 2.45) is 0 Å². The van der Waals surface area contributed by atoms with Crippen LogP contribution < -0.4 is 10.5 Å². The Morgan fingerprint density at radius 1 is 1.15 bits per heavy atom. The van der Waals surface area contributed by atoms with Gasteiger partial charge < -0.3 is 4.90 Å². The number of aromatic nitrogens is 3. The van der Waals surface area contributed by atoms with E-state index in [2.05, 4.69) is 14.9 Å². The molecule has 0 saturated carbocycles. The van der Waals surface area contributed by atoms with Crippen LogP contribution in [0.15, 0.2) is 53.6 Å². The van der Waals surface area contributed by atoms with Crippen molar-refractivity contribution in [2.45, 2.75) is 31.9 Å². The number of nitrogens with zero attached hydrogens (tertiary/aromatic N) is 4. The lowest BCUT2D eigenvalue weighted by atomic mass is 10.1. The highest BCUT2D eigenvalue weighted by Gasteiger charge is 2.31. The van der Waals surface area contributed by atoms with Crippen LogP contribution in [-0.4, -0.2) is 27.5 Å². The predicted octanol–water partition coefficient (Wildman–Crippen LogP) is 3.40. The maximum Gasteiger partial charge on any atom is 0.261 e. The van der Waals surface area contributed by atoms with Gasteiger partial charge in [-0.05, 0) is 37.1 Å². The van der Waals surface area contributed by atoms with Gasteiger partial charge >= 0.3 is 0 Å². The summed E-state index contributed by atoms with van der Waals surface area (Å²) in [6, 6.07) is 10.4.